The highest BCUT2D eigenvalue weighted by molar-refractivity contribution is 5.85. The zero-order chi connectivity index (χ0) is 13.8. The molecule has 0 amide bonds. The van der Waals surface area contributed by atoms with E-state index >= 15 is 0 Å². The molecular weight excluding hydrogens is 245 g/mol. The summed E-state index contributed by atoms with van der Waals surface area (Å²) in [5.41, 5.74) is 0.830. The number of carbonyl (C=O) groups excluding carboxylic acids is 1. The zero-order valence-electron chi connectivity index (χ0n) is 11.4. The van der Waals surface area contributed by atoms with E-state index in [4.69, 9.17) is 4.74 Å². The number of halogens is 1. The molecule has 0 spiro atoms. The van der Waals surface area contributed by atoms with Crippen LogP contribution in [0, 0.1) is 5.82 Å². The minimum absolute atomic E-state index is 0.0666. The molecule has 1 heterocycles. The van der Waals surface area contributed by atoms with Crippen LogP contribution in [0.25, 0.3) is 0 Å². The van der Waals surface area contributed by atoms with E-state index in [1.165, 1.54) is 12.1 Å². The molecule has 0 saturated carbocycles. The molecule has 1 aliphatic heterocycles. The van der Waals surface area contributed by atoms with Gasteiger partial charge in [0.25, 0.3) is 0 Å². The van der Waals surface area contributed by atoms with Gasteiger partial charge in [0.2, 0.25) is 0 Å². The standard InChI is InChI=1S/C15H20FNO2/c1-11(2)17-7-8-19-15(10-17)14(18)9-12-3-5-13(16)6-4-12/h3-6,11,15H,7-10H2,1-2H3. The normalized spacial score (nSPS) is 20.7. The van der Waals surface area contributed by atoms with E-state index in [9.17, 15) is 9.18 Å². The molecule has 3 nitrogen and oxygen atoms in total. The van der Waals surface area contributed by atoms with E-state index < -0.39 is 0 Å². The fourth-order valence-corrected chi connectivity index (χ4v) is 2.25. The van der Waals surface area contributed by atoms with Crippen LogP contribution in [0.3, 0.4) is 0 Å². The molecule has 0 N–H and O–H groups in total. The Labute approximate surface area is 113 Å². The Bertz CT molecular complexity index is 430. The third kappa shape index (κ3) is 3.85. The molecular formula is C15H20FNO2. The summed E-state index contributed by atoms with van der Waals surface area (Å²) in [6, 6.07) is 6.48. The highest BCUT2D eigenvalue weighted by atomic mass is 19.1. The molecule has 0 bridgehead atoms. The number of ether oxygens (including phenoxy) is 1. The van der Waals surface area contributed by atoms with Crippen molar-refractivity contribution in [2.75, 3.05) is 19.7 Å². The quantitative estimate of drug-likeness (QED) is 0.834. The molecule has 4 heteroatoms. The fourth-order valence-electron chi connectivity index (χ4n) is 2.25. The topological polar surface area (TPSA) is 29.5 Å². The van der Waals surface area contributed by atoms with E-state index in [1.807, 2.05) is 0 Å². The molecule has 1 aliphatic rings. The molecule has 1 unspecified atom stereocenters. The average molecular weight is 265 g/mol. The first-order valence-electron chi connectivity index (χ1n) is 6.69. The first kappa shape index (κ1) is 14.2. The van der Waals surface area contributed by atoms with Gasteiger partial charge in [-0.1, -0.05) is 12.1 Å². The van der Waals surface area contributed by atoms with Crippen LogP contribution in [0.4, 0.5) is 4.39 Å². The van der Waals surface area contributed by atoms with Crippen molar-refractivity contribution in [3.63, 3.8) is 0 Å². The summed E-state index contributed by atoms with van der Waals surface area (Å²) in [6.07, 6.45) is -0.0575. The van der Waals surface area contributed by atoms with E-state index in [1.54, 1.807) is 12.1 Å². The predicted octanol–water partition coefficient (Wildman–Crippen LogP) is 2.05. The lowest BCUT2D eigenvalue weighted by atomic mass is 10.0. The molecule has 1 saturated heterocycles. The number of benzene rings is 1. The maximum absolute atomic E-state index is 12.8. The Hall–Kier alpha value is -1.26. The molecule has 1 aromatic carbocycles. The van der Waals surface area contributed by atoms with Crippen molar-refractivity contribution in [2.24, 2.45) is 0 Å². The van der Waals surface area contributed by atoms with Gasteiger partial charge in [0.1, 0.15) is 11.9 Å². The number of ketones is 1. The SMILES string of the molecule is CC(C)N1CCOC(C(=O)Cc2ccc(F)cc2)C1. The van der Waals surface area contributed by atoms with Gasteiger partial charge < -0.3 is 4.74 Å². The Kier molecular flexibility index (Phi) is 4.66. The molecule has 0 radical (unpaired) electrons. The molecule has 1 fully saturated rings. The molecule has 0 aromatic heterocycles. The number of nitrogens with zero attached hydrogens (tertiary/aromatic N) is 1. The Morgan fingerprint density at radius 2 is 2.11 bits per heavy atom. The summed E-state index contributed by atoms with van der Waals surface area (Å²) >= 11 is 0. The van der Waals surface area contributed by atoms with Gasteiger partial charge in [0, 0.05) is 25.6 Å². The third-order valence-electron chi connectivity index (χ3n) is 3.48. The van der Waals surface area contributed by atoms with Crippen LogP contribution in [0.1, 0.15) is 19.4 Å². The van der Waals surface area contributed by atoms with Crippen LogP contribution >= 0.6 is 0 Å². The summed E-state index contributed by atoms with van der Waals surface area (Å²) in [6.45, 7) is 6.35. The second-order valence-electron chi connectivity index (χ2n) is 5.22. The monoisotopic (exact) mass is 265 g/mol. The number of carbonyl (C=O) groups is 1. The minimum Gasteiger partial charge on any atom is -0.368 e. The van der Waals surface area contributed by atoms with E-state index in [0.29, 0.717) is 25.6 Å². The summed E-state index contributed by atoms with van der Waals surface area (Å²) in [4.78, 5) is 14.4. The van der Waals surface area contributed by atoms with Gasteiger partial charge in [-0.3, -0.25) is 9.69 Å². The van der Waals surface area contributed by atoms with Gasteiger partial charge in [-0.25, -0.2) is 4.39 Å². The van der Waals surface area contributed by atoms with Crippen molar-refractivity contribution < 1.29 is 13.9 Å². The van der Waals surface area contributed by atoms with Gasteiger partial charge in [-0.15, -0.1) is 0 Å². The van der Waals surface area contributed by atoms with Crippen molar-refractivity contribution in [3.8, 4) is 0 Å². The lowest BCUT2D eigenvalue weighted by Crippen LogP contribution is -2.49. The van der Waals surface area contributed by atoms with E-state index in [0.717, 1.165) is 12.1 Å². The van der Waals surface area contributed by atoms with Gasteiger partial charge >= 0.3 is 0 Å². The summed E-state index contributed by atoms with van der Waals surface area (Å²) < 4.78 is 18.4. The maximum atomic E-state index is 12.8. The van der Waals surface area contributed by atoms with Crippen LogP contribution in [-0.2, 0) is 16.0 Å². The minimum atomic E-state index is -0.360. The van der Waals surface area contributed by atoms with Crippen molar-refractivity contribution in [1.29, 1.82) is 0 Å². The lowest BCUT2D eigenvalue weighted by Gasteiger charge is -2.34. The van der Waals surface area contributed by atoms with Crippen molar-refractivity contribution in [1.82, 2.24) is 4.90 Å². The Morgan fingerprint density at radius 1 is 1.42 bits per heavy atom. The van der Waals surface area contributed by atoms with Crippen molar-refractivity contribution in [3.05, 3.63) is 35.6 Å². The van der Waals surface area contributed by atoms with Gasteiger partial charge in [-0.05, 0) is 31.5 Å². The number of morpholine rings is 1. The van der Waals surface area contributed by atoms with Crippen LogP contribution in [0.15, 0.2) is 24.3 Å². The Morgan fingerprint density at radius 3 is 2.74 bits per heavy atom. The largest absolute Gasteiger partial charge is 0.368 e. The summed E-state index contributed by atoms with van der Waals surface area (Å²) in [5.74, 6) is -0.215. The van der Waals surface area contributed by atoms with E-state index in [2.05, 4.69) is 18.7 Å². The molecule has 2 rings (SSSR count). The van der Waals surface area contributed by atoms with Crippen molar-refractivity contribution in [2.45, 2.75) is 32.4 Å². The van der Waals surface area contributed by atoms with Gasteiger partial charge in [0.15, 0.2) is 5.78 Å². The summed E-state index contributed by atoms with van der Waals surface area (Å²) in [7, 11) is 0. The molecule has 19 heavy (non-hydrogen) atoms. The lowest BCUT2D eigenvalue weighted by molar-refractivity contribution is -0.136. The van der Waals surface area contributed by atoms with E-state index in [-0.39, 0.29) is 17.7 Å². The second kappa shape index (κ2) is 6.26. The van der Waals surface area contributed by atoms with Gasteiger partial charge in [0.05, 0.1) is 6.61 Å². The molecule has 104 valence electrons. The molecule has 1 atom stereocenters. The highest BCUT2D eigenvalue weighted by Crippen LogP contribution is 2.12. The number of rotatable bonds is 4. The molecule has 0 aliphatic carbocycles. The fraction of sp³-hybridized carbons (Fsp3) is 0.533. The van der Waals surface area contributed by atoms with Gasteiger partial charge in [-0.2, -0.15) is 0 Å². The summed E-state index contributed by atoms with van der Waals surface area (Å²) in [5, 5.41) is 0. The first-order valence-corrected chi connectivity index (χ1v) is 6.69. The maximum Gasteiger partial charge on any atom is 0.167 e. The van der Waals surface area contributed by atoms with Crippen LogP contribution < -0.4 is 0 Å². The van der Waals surface area contributed by atoms with Crippen LogP contribution in [-0.4, -0.2) is 42.5 Å². The van der Waals surface area contributed by atoms with Crippen molar-refractivity contribution >= 4 is 5.78 Å². The van der Waals surface area contributed by atoms with Crippen LogP contribution in [0.5, 0.6) is 0 Å². The third-order valence-corrected chi connectivity index (χ3v) is 3.48. The number of hydrogen-bond acceptors (Lipinski definition) is 3. The first-order chi connectivity index (χ1) is 9.06. The smallest absolute Gasteiger partial charge is 0.167 e. The number of Topliss-reactive ketones (excluding diaryl/α,β-unsaturated/α-hetero) is 1. The average Bonchev–Trinajstić information content (AvgIpc) is 2.41. The zero-order valence-corrected chi connectivity index (χ0v) is 11.4. The highest BCUT2D eigenvalue weighted by Gasteiger charge is 2.27. The predicted molar refractivity (Wildman–Crippen MR) is 71.6 cm³/mol. The Balaban J connectivity index is 1.94. The number of hydrogen-bond donors (Lipinski definition) is 0. The second-order valence-corrected chi connectivity index (χ2v) is 5.22. The van der Waals surface area contributed by atoms with Crippen LogP contribution in [0.2, 0.25) is 0 Å². The molecule has 1 aromatic rings.